The second kappa shape index (κ2) is 9.76. The van der Waals surface area contributed by atoms with Crippen LogP contribution in [0.1, 0.15) is 53.6 Å². The van der Waals surface area contributed by atoms with Crippen LogP contribution in [0.3, 0.4) is 0 Å². The number of carbonyl (C=O) groups excluding carboxylic acids is 1. The lowest BCUT2D eigenvalue weighted by atomic mass is 9.95. The van der Waals surface area contributed by atoms with Gasteiger partial charge in [0.25, 0.3) is 5.91 Å². The van der Waals surface area contributed by atoms with Crippen LogP contribution in [0.2, 0.25) is 0 Å². The molecule has 3 aromatic rings. The number of halogens is 3. The van der Waals surface area contributed by atoms with E-state index in [9.17, 15) is 18.0 Å². The maximum atomic E-state index is 14.5. The quantitative estimate of drug-likeness (QED) is 0.406. The topological polar surface area (TPSA) is 47.4 Å². The van der Waals surface area contributed by atoms with Crippen LogP contribution in [0.4, 0.5) is 13.2 Å². The molecule has 0 saturated heterocycles. The van der Waals surface area contributed by atoms with E-state index >= 15 is 0 Å². The van der Waals surface area contributed by atoms with Gasteiger partial charge in [-0.05, 0) is 36.0 Å². The molecule has 0 fully saturated rings. The lowest BCUT2D eigenvalue weighted by Crippen LogP contribution is -2.36. The van der Waals surface area contributed by atoms with Crippen molar-refractivity contribution in [3.63, 3.8) is 0 Å². The summed E-state index contributed by atoms with van der Waals surface area (Å²) in [4.78, 5) is 19.6. The van der Waals surface area contributed by atoms with Gasteiger partial charge in [-0.2, -0.15) is 13.2 Å². The Morgan fingerprint density at radius 2 is 1.74 bits per heavy atom. The summed E-state index contributed by atoms with van der Waals surface area (Å²) in [5.74, 6) is -0.124. The lowest BCUT2D eigenvalue weighted by Gasteiger charge is -2.28. The second-order valence-corrected chi connectivity index (χ2v) is 10.0. The SMILES string of the molecule is COc1cc(C)c(-c2c(C)c(C(F)(F)F)n(Cc3ccccc3)c2C(=O)N(C)CC(C)(C)C)cn1. The van der Waals surface area contributed by atoms with Gasteiger partial charge in [0.15, 0.2) is 0 Å². The number of aryl methyl sites for hydroxylation is 1. The molecule has 0 aliphatic carbocycles. The largest absolute Gasteiger partial charge is 0.481 e. The highest BCUT2D eigenvalue weighted by atomic mass is 19.4. The van der Waals surface area contributed by atoms with Crippen LogP contribution in [-0.2, 0) is 12.7 Å². The molecule has 0 atom stereocenters. The zero-order chi connectivity index (χ0) is 26.1. The van der Waals surface area contributed by atoms with Gasteiger partial charge in [0.05, 0.1) is 7.11 Å². The van der Waals surface area contributed by atoms with Gasteiger partial charge in [0.2, 0.25) is 5.88 Å². The summed E-state index contributed by atoms with van der Waals surface area (Å²) in [5.41, 5.74) is 0.964. The van der Waals surface area contributed by atoms with Gasteiger partial charge < -0.3 is 14.2 Å². The molecule has 0 radical (unpaired) electrons. The molecule has 1 amide bonds. The molecule has 0 aliphatic rings. The van der Waals surface area contributed by atoms with Crippen molar-refractivity contribution in [2.24, 2.45) is 5.41 Å². The van der Waals surface area contributed by atoms with Crippen LogP contribution in [0.5, 0.6) is 5.88 Å². The predicted octanol–water partition coefficient (Wildman–Crippen LogP) is 6.36. The average molecular weight is 488 g/mol. The third-order valence-electron chi connectivity index (χ3n) is 5.78. The molecular formula is C27H32F3N3O2. The first-order valence-electron chi connectivity index (χ1n) is 11.3. The summed E-state index contributed by atoms with van der Waals surface area (Å²) in [5, 5.41) is 0. The summed E-state index contributed by atoms with van der Waals surface area (Å²) in [6, 6.07) is 10.5. The van der Waals surface area contributed by atoms with Crippen LogP contribution >= 0.6 is 0 Å². The Morgan fingerprint density at radius 1 is 1.11 bits per heavy atom. The molecule has 8 heteroatoms. The number of hydrogen-bond acceptors (Lipinski definition) is 3. The minimum atomic E-state index is -4.66. The Kier molecular flexibility index (Phi) is 7.34. The maximum absolute atomic E-state index is 14.5. The predicted molar refractivity (Wildman–Crippen MR) is 131 cm³/mol. The summed E-state index contributed by atoms with van der Waals surface area (Å²) in [7, 11) is 3.10. The average Bonchev–Trinajstić information content (AvgIpc) is 3.04. The molecule has 0 bridgehead atoms. The lowest BCUT2D eigenvalue weighted by molar-refractivity contribution is -0.143. The number of ether oxygens (including phenoxy) is 1. The van der Waals surface area contributed by atoms with E-state index in [-0.39, 0.29) is 28.8 Å². The third-order valence-corrected chi connectivity index (χ3v) is 5.78. The van der Waals surface area contributed by atoms with Crippen molar-refractivity contribution >= 4 is 5.91 Å². The van der Waals surface area contributed by atoms with Gasteiger partial charge in [-0.15, -0.1) is 0 Å². The molecule has 2 heterocycles. The molecule has 5 nitrogen and oxygen atoms in total. The zero-order valence-electron chi connectivity index (χ0n) is 21.2. The van der Waals surface area contributed by atoms with E-state index in [0.717, 1.165) is 4.57 Å². The van der Waals surface area contributed by atoms with Crippen molar-refractivity contribution in [3.8, 4) is 17.0 Å². The number of hydrogen-bond donors (Lipinski definition) is 0. The van der Waals surface area contributed by atoms with E-state index in [4.69, 9.17) is 4.74 Å². The number of rotatable bonds is 6. The fraction of sp³-hybridized carbons (Fsp3) is 0.407. The second-order valence-electron chi connectivity index (χ2n) is 10.0. The molecule has 35 heavy (non-hydrogen) atoms. The van der Waals surface area contributed by atoms with Gasteiger partial charge >= 0.3 is 6.18 Å². The zero-order valence-corrected chi connectivity index (χ0v) is 21.2. The monoisotopic (exact) mass is 487 g/mol. The van der Waals surface area contributed by atoms with Gasteiger partial charge in [-0.1, -0.05) is 51.1 Å². The van der Waals surface area contributed by atoms with Crippen molar-refractivity contribution in [1.82, 2.24) is 14.5 Å². The number of aromatic nitrogens is 2. The Balaban J connectivity index is 2.36. The van der Waals surface area contributed by atoms with Gasteiger partial charge in [0, 0.05) is 43.5 Å². The molecule has 0 saturated carbocycles. The number of alkyl halides is 3. The van der Waals surface area contributed by atoms with Crippen molar-refractivity contribution in [2.75, 3.05) is 20.7 Å². The molecule has 0 spiro atoms. The van der Waals surface area contributed by atoms with E-state index < -0.39 is 17.8 Å². The normalized spacial score (nSPS) is 12.1. The highest BCUT2D eigenvalue weighted by Gasteiger charge is 2.42. The van der Waals surface area contributed by atoms with Crippen LogP contribution in [0, 0.1) is 19.3 Å². The number of amides is 1. The number of carbonyl (C=O) groups is 1. The van der Waals surface area contributed by atoms with Crippen LogP contribution in [-0.4, -0.2) is 41.1 Å². The number of methoxy groups -OCH3 is 1. The van der Waals surface area contributed by atoms with Crippen molar-refractivity contribution in [2.45, 2.75) is 47.3 Å². The minimum Gasteiger partial charge on any atom is -0.481 e. The Morgan fingerprint density at radius 3 is 2.26 bits per heavy atom. The van der Waals surface area contributed by atoms with Gasteiger partial charge in [-0.3, -0.25) is 4.79 Å². The fourth-order valence-corrected chi connectivity index (χ4v) is 4.45. The highest BCUT2D eigenvalue weighted by molar-refractivity contribution is 6.01. The maximum Gasteiger partial charge on any atom is 0.431 e. The van der Waals surface area contributed by atoms with Crippen LogP contribution in [0.25, 0.3) is 11.1 Å². The van der Waals surface area contributed by atoms with Crippen molar-refractivity contribution in [1.29, 1.82) is 0 Å². The highest BCUT2D eigenvalue weighted by Crippen LogP contribution is 2.42. The Labute approximate surface area is 204 Å². The molecule has 0 N–H and O–H groups in total. The summed E-state index contributed by atoms with van der Waals surface area (Å²) >= 11 is 0. The van der Waals surface area contributed by atoms with Crippen molar-refractivity contribution < 1.29 is 22.7 Å². The molecular weight excluding hydrogens is 455 g/mol. The summed E-state index contributed by atoms with van der Waals surface area (Å²) in [6.07, 6.45) is -3.19. The van der Waals surface area contributed by atoms with E-state index in [0.29, 0.717) is 29.1 Å². The molecule has 0 unspecified atom stereocenters. The standard InChI is InChI=1S/C27H32F3N3O2/c1-17-13-21(35-7)31-14-20(17)22-18(2)24(27(28,29)30)33(15-19-11-9-8-10-12-19)23(22)25(34)32(6)16-26(3,4)5/h8-14H,15-16H2,1-7H3. The first-order valence-corrected chi connectivity index (χ1v) is 11.3. The minimum absolute atomic E-state index is 0.000458. The third kappa shape index (κ3) is 5.69. The van der Waals surface area contributed by atoms with Crippen LogP contribution in [0.15, 0.2) is 42.6 Å². The van der Waals surface area contributed by atoms with E-state index in [1.807, 2.05) is 20.8 Å². The van der Waals surface area contributed by atoms with Crippen molar-refractivity contribution in [3.05, 3.63) is 70.7 Å². The molecule has 0 aliphatic heterocycles. The summed E-state index contributed by atoms with van der Waals surface area (Å²) < 4.78 is 49.8. The fourth-order valence-electron chi connectivity index (χ4n) is 4.45. The number of nitrogens with zero attached hydrogens (tertiary/aromatic N) is 3. The van der Waals surface area contributed by atoms with E-state index in [1.54, 1.807) is 50.4 Å². The molecule has 2 aromatic heterocycles. The van der Waals surface area contributed by atoms with E-state index in [1.165, 1.54) is 25.1 Å². The molecule has 188 valence electrons. The number of pyridine rings is 1. The molecule has 3 rings (SSSR count). The summed E-state index contributed by atoms with van der Waals surface area (Å²) in [6.45, 7) is 9.41. The molecule has 1 aromatic carbocycles. The van der Waals surface area contributed by atoms with Gasteiger partial charge in [-0.25, -0.2) is 4.98 Å². The Hall–Kier alpha value is -3.29. The first kappa shape index (κ1) is 26.3. The number of benzene rings is 1. The Bertz CT molecular complexity index is 1210. The van der Waals surface area contributed by atoms with Crippen LogP contribution < -0.4 is 4.74 Å². The first-order chi connectivity index (χ1) is 16.2. The smallest absolute Gasteiger partial charge is 0.431 e. The van der Waals surface area contributed by atoms with E-state index in [2.05, 4.69) is 4.98 Å². The van der Waals surface area contributed by atoms with Gasteiger partial charge in [0.1, 0.15) is 11.4 Å².